The number of aromatic nitrogens is 1. The minimum Gasteiger partial charge on any atom is -0.371 e. The van der Waals surface area contributed by atoms with Gasteiger partial charge in [-0.25, -0.2) is 0 Å². The van der Waals surface area contributed by atoms with Crippen molar-refractivity contribution in [1.29, 1.82) is 0 Å². The summed E-state index contributed by atoms with van der Waals surface area (Å²) < 4.78 is 4.91. The molecule has 8 heteroatoms. The SMILES string of the molecule is Cc1cc(NC(=O)CSCC(=O)N(C)Cc2ccccc2N2CCCC2)no1. The second-order valence-corrected chi connectivity index (χ2v) is 7.92. The summed E-state index contributed by atoms with van der Waals surface area (Å²) in [4.78, 5) is 28.5. The van der Waals surface area contributed by atoms with Crippen LogP contribution in [0.5, 0.6) is 0 Å². The Kier molecular flexibility index (Phi) is 6.97. The summed E-state index contributed by atoms with van der Waals surface area (Å²) >= 11 is 1.29. The second-order valence-electron chi connectivity index (χ2n) is 6.94. The van der Waals surface area contributed by atoms with E-state index in [1.165, 1.54) is 30.3 Å². The third-order valence-electron chi connectivity index (χ3n) is 4.63. The number of carbonyl (C=O) groups excluding carboxylic acids is 2. The van der Waals surface area contributed by atoms with Crippen LogP contribution in [0.15, 0.2) is 34.9 Å². The van der Waals surface area contributed by atoms with Crippen LogP contribution >= 0.6 is 11.8 Å². The number of para-hydroxylation sites is 1. The lowest BCUT2D eigenvalue weighted by Crippen LogP contribution is -2.29. The summed E-state index contributed by atoms with van der Waals surface area (Å²) in [5, 5.41) is 6.37. The first-order valence-electron chi connectivity index (χ1n) is 9.40. The molecule has 2 aromatic rings. The smallest absolute Gasteiger partial charge is 0.235 e. The monoisotopic (exact) mass is 402 g/mol. The van der Waals surface area contributed by atoms with Crippen LogP contribution in [0, 0.1) is 6.92 Å². The van der Waals surface area contributed by atoms with Crippen LogP contribution in [0.2, 0.25) is 0 Å². The number of benzene rings is 1. The van der Waals surface area contributed by atoms with E-state index in [-0.39, 0.29) is 23.3 Å². The van der Waals surface area contributed by atoms with Gasteiger partial charge in [-0.05, 0) is 31.4 Å². The van der Waals surface area contributed by atoms with E-state index < -0.39 is 0 Å². The van der Waals surface area contributed by atoms with E-state index in [9.17, 15) is 9.59 Å². The molecule has 7 nitrogen and oxygen atoms in total. The highest BCUT2D eigenvalue weighted by atomic mass is 32.2. The number of aryl methyl sites for hydroxylation is 1. The molecule has 1 aromatic carbocycles. The van der Waals surface area contributed by atoms with Crippen LogP contribution < -0.4 is 10.2 Å². The maximum atomic E-state index is 12.5. The number of hydrogen-bond acceptors (Lipinski definition) is 6. The van der Waals surface area contributed by atoms with Gasteiger partial charge in [0.1, 0.15) is 5.76 Å². The molecule has 1 N–H and O–H groups in total. The molecule has 0 bridgehead atoms. The number of thioether (sulfide) groups is 1. The van der Waals surface area contributed by atoms with E-state index in [4.69, 9.17) is 4.52 Å². The van der Waals surface area contributed by atoms with Crippen molar-refractivity contribution in [3.05, 3.63) is 41.7 Å². The van der Waals surface area contributed by atoms with Gasteiger partial charge >= 0.3 is 0 Å². The number of amides is 2. The van der Waals surface area contributed by atoms with E-state index >= 15 is 0 Å². The second kappa shape index (κ2) is 9.64. The molecule has 0 unspecified atom stereocenters. The van der Waals surface area contributed by atoms with E-state index in [1.807, 2.05) is 19.2 Å². The Morgan fingerprint density at radius 2 is 2.00 bits per heavy atom. The lowest BCUT2D eigenvalue weighted by molar-refractivity contribution is -0.127. The molecule has 0 radical (unpaired) electrons. The maximum Gasteiger partial charge on any atom is 0.235 e. The van der Waals surface area contributed by atoms with Crippen molar-refractivity contribution < 1.29 is 14.1 Å². The number of nitrogens with zero attached hydrogens (tertiary/aromatic N) is 3. The fourth-order valence-corrected chi connectivity index (χ4v) is 3.95. The fourth-order valence-electron chi connectivity index (χ4n) is 3.20. The largest absolute Gasteiger partial charge is 0.371 e. The molecule has 3 rings (SSSR count). The lowest BCUT2D eigenvalue weighted by atomic mass is 10.1. The zero-order chi connectivity index (χ0) is 19.9. The Balaban J connectivity index is 1.45. The maximum absolute atomic E-state index is 12.5. The molecular weight excluding hydrogens is 376 g/mol. The predicted molar refractivity (Wildman–Crippen MR) is 112 cm³/mol. The Morgan fingerprint density at radius 3 is 2.71 bits per heavy atom. The van der Waals surface area contributed by atoms with Gasteiger partial charge < -0.3 is 19.6 Å². The molecule has 1 fully saturated rings. The third kappa shape index (κ3) is 5.51. The molecular formula is C20H26N4O3S. The Morgan fingerprint density at radius 1 is 1.25 bits per heavy atom. The van der Waals surface area contributed by atoms with Crippen LogP contribution in [0.4, 0.5) is 11.5 Å². The average molecular weight is 403 g/mol. The number of nitrogens with one attached hydrogen (secondary N) is 1. The highest BCUT2D eigenvalue weighted by Crippen LogP contribution is 2.25. The average Bonchev–Trinajstić information content (AvgIpc) is 3.34. The predicted octanol–water partition coefficient (Wildman–Crippen LogP) is 2.91. The third-order valence-corrected chi connectivity index (χ3v) is 5.54. The highest BCUT2D eigenvalue weighted by Gasteiger charge is 2.18. The molecule has 2 amide bonds. The number of hydrogen-bond donors (Lipinski definition) is 1. The molecule has 1 saturated heterocycles. The van der Waals surface area contributed by atoms with Gasteiger partial charge in [0.05, 0.1) is 11.5 Å². The van der Waals surface area contributed by atoms with Crippen molar-refractivity contribution in [3.63, 3.8) is 0 Å². The van der Waals surface area contributed by atoms with Gasteiger partial charge in [0.2, 0.25) is 11.8 Å². The summed E-state index contributed by atoms with van der Waals surface area (Å²) in [6, 6.07) is 9.92. The van der Waals surface area contributed by atoms with Gasteiger partial charge in [-0.1, -0.05) is 23.4 Å². The first-order valence-corrected chi connectivity index (χ1v) is 10.6. The summed E-state index contributed by atoms with van der Waals surface area (Å²) in [5.41, 5.74) is 2.37. The normalized spacial score (nSPS) is 13.6. The minimum absolute atomic E-state index is 0.00584. The van der Waals surface area contributed by atoms with Gasteiger partial charge in [-0.3, -0.25) is 9.59 Å². The first kappa shape index (κ1) is 20.3. The highest BCUT2D eigenvalue weighted by molar-refractivity contribution is 8.00. The van der Waals surface area contributed by atoms with Crippen molar-refractivity contribution in [2.45, 2.75) is 26.3 Å². The van der Waals surface area contributed by atoms with E-state index in [2.05, 4.69) is 27.5 Å². The Bertz CT molecular complexity index is 817. The van der Waals surface area contributed by atoms with Crippen LogP contribution in [0.1, 0.15) is 24.2 Å². The lowest BCUT2D eigenvalue weighted by Gasteiger charge is -2.24. The molecule has 1 aliphatic heterocycles. The van der Waals surface area contributed by atoms with Crippen molar-refractivity contribution in [2.75, 3.05) is 41.9 Å². The van der Waals surface area contributed by atoms with Crippen molar-refractivity contribution in [3.8, 4) is 0 Å². The fraction of sp³-hybridized carbons (Fsp3) is 0.450. The van der Waals surface area contributed by atoms with Gasteiger partial charge in [-0.15, -0.1) is 11.8 Å². The summed E-state index contributed by atoms with van der Waals surface area (Å²) in [5.74, 6) is 1.28. The molecule has 150 valence electrons. The van der Waals surface area contributed by atoms with E-state index in [0.717, 1.165) is 18.7 Å². The molecule has 0 aliphatic carbocycles. The van der Waals surface area contributed by atoms with Gasteiger partial charge in [0.15, 0.2) is 5.82 Å². The van der Waals surface area contributed by atoms with Crippen LogP contribution in [0.25, 0.3) is 0 Å². The number of rotatable bonds is 8. The van der Waals surface area contributed by atoms with Crippen molar-refractivity contribution >= 4 is 35.1 Å². The minimum atomic E-state index is -0.201. The molecule has 28 heavy (non-hydrogen) atoms. The zero-order valence-corrected chi connectivity index (χ0v) is 17.1. The van der Waals surface area contributed by atoms with Crippen molar-refractivity contribution in [2.24, 2.45) is 0 Å². The first-order chi connectivity index (χ1) is 13.5. The van der Waals surface area contributed by atoms with E-state index in [1.54, 1.807) is 17.9 Å². The molecule has 0 spiro atoms. The number of anilines is 2. The van der Waals surface area contributed by atoms with Gasteiger partial charge in [-0.2, -0.15) is 0 Å². The van der Waals surface area contributed by atoms with Gasteiger partial charge in [0.25, 0.3) is 0 Å². The molecule has 0 saturated carbocycles. The van der Waals surface area contributed by atoms with Gasteiger partial charge in [0, 0.05) is 38.4 Å². The summed E-state index contributed by atoms with van der Waals surface area (Å²) in [6.45, 7) is 4.47. The topological polar surface area (TPSA) is 78.7 Å². The molecule has 1 aromatic heterocycles. The standard InChI is InChI=1S/C20H26N4O3S/c1-15-11-18(22-27-15)21-19(25)13-28-14-20(26)23(2)12-16-7-3-4-8-17(16)24-9-5-6-10-24/h3-4,7-8,11H,5-6,9-10,12-14H2,1-2H3,(H,21,22,25). The molecule has 0 atom stereocenters. The quantitative estimate of drug-likeness (QED) is 0.731. The Labute approximate surface area is 169 Å². The molecule has 1 aliphatic rings. The summed E-state index contributed by atoms with van der Waals surface area (Å²) in [6.07, 6.45) is 2.44. The summed E-state index contributed by atoms with van der Waals surface area (Å²) in [7, 11) is 1.81. The van der Waals surface area contributed by atoms with Crippen LogP contribution in [-0.2, 0) is 16.1 Å². The molecule has 2 heterocycles. The number of carbonyl (C=O) groups is 2. The Hall–Kier alpha value is -2.48. The van der Waals surface area contributed by atoms with E-state index in [0.29, 0.717) is 18.1 Å². The van der Waals surface area contributed by atoms with Crippen LogP contribution in [-0.4, -0.2) is 53.5 Å². The van der Waals surface area contributed by atoms with Crippen molar-refractivity contribution in [1.82, 2.24) is 10.1 Å². The van der Waals surface area contributed by atoms with Crippen LogP contribution in [0.3, 0.4) is 0 Å². The zero-order valence-electron chi connectivity index (χ0n) is 16.3.